The highest BCUT2D eigenvalue weighted by Gasteiger charge is 2.32. The molecule has 1 aliphatic heterocycles. The zero-order valence-electron chi connectivity index (χ0n) is 17.7. The van der Waals surface area contributed by atoms with Gasteiger partial charge in [-0.05, 0) is 53.1 Å². The predicted molar refractivity (Wildman–Crippen MR) is 107 cm³/mol. The monoisotopic (exact) mass is 383 g/mol. The number of ether oxygens (including phenoxy) is 2. The van der Waals surface area contributed by atoms with Crippen LogP contribution in [0.25, 0.3) is 0 Å². The number of hydrogen-bond donors (Lipinski definition) is 3. The average Bonchev–Trinajstić information content (AvgIpc) is 2.60. The second kappa shape index (κ2) is 10.2. The van der Waals surface area contributed by atoms with Crippen molar-refractivity contribution in [1.82, 2.24) is 10.2 Å². The van der Waals surface area contributed by atoms with Crippen LogP contribution < -0.4 is 5.32 Å². The molecule has 1 amide bonds. The summed E-state index contributed by atoms with van der Waals surface area (Å²) in [5.74, 6) is -0.644. The van der Waals surface area contributed by atoms with E-state index in [4.69, 9.17) is 14.9 Å². The molecular weight excluding hydrogens is 346 g/mol. The van der Waals surface area contributed by atoms with E-state index < -0.39 is 11.0 Å². The first-order valence-corrected chi connectivity index (χ1v) is 9.76. The third kappa shape index (κ3) is 7.24. The van der Waals surface area contributed by atoms with E-state index in [1.807, 2.05) is 32.7 Å². The van der Waals surface area contributed by atoms with Crippen LogP contribution in [0, 0.1) is 10.8 Å². The van der Waals surface area contributed by atoms with Crippen molar-refractivity contribution in [2.45, 2.75) is 72.1 Å². The van der Waals surface area contributed by atoms with Gasteiger partial charge in [0.1, 0.15) is 0 Å². The lowest BCUT2D eigenvalue weighted by Gasteiger charge is -2.33. The number of aliphatic hydroxyl groups is 1. The largest absolute Gasteiger partial charge is 0.494 e. The lowest BCUT2D eigenvalue weighted by Crippen LogP contribution is -2.53. The van der Waals surface area contributed by atoms with E-state index in [0.717, 1.165) is 32.2 Å². The van der Waals surface area contributed by atoms with Crippen LogP contribution in [0.3, 0.4) is 0 Å². The van der Waals surface area contributed by atoms with Crippen LogP contribution in [0.15, 0.2) is 12.0 Å². The summed E-state index contributed by atoms with van der Waals surface area (Å²) in [7, 11) is 1.87. The third-order valence-electron chi connectivity index (χ3n) is 5.09. The fourth-order valence-electron chi connectivity index (χ4n) is 2.65. The standard InChI is InChI=1S/C20H37N3O4/c1-7-11-23(6)20(4,5)18(25)22-16(24)13-15(21)19(2,3)14-27-17-10-8-9-12-26-17/h13,17,21,24H,7-12,14H2,1-6H3,(H,22,25)/b16-13-,21-15?. The molecule has 27 heavy (non-hydrogen) atoms. The van der Waals surface area contributed by atoms with Crippen molar-refractivity contribution in [3.8, 4) is 0 Å². The molecule has 0 aliphatic carbocycles. The number of amides is 1. The molecule has 7 nitrogen and oxygen atoms in total. The Bertz CT molecular complexity index is 537. The van der Waals surface area contributed by atoms with E-state index >= 15 is 0 Å². The maximum Gasteiger partial charge on any atom is 0.246 e. The van der Waals surface area contributed by atoms with Crippen LogP contribution in [0.2, 0.25) is 0 Å². The Morgan fingerprint density at radius 3 is 2.59 bits per heavy atom. The Labute approximate surface area is 163 Å². The first-order valence-electron chi connectivity index (χ1n) is 9.76. The smallest absolute Gasteiger partial charge is 0.246 e. The number of aliphatic hydroxyl groups excluding tert-OH is 1. The molecule has 1 fully saturated rings. The number of allylic oxidation sites excluding steroid dienone is 1. The molecule has 1 aliphatic rings. The van der Waals surface area contributed by atoms with Crippen molar-refractivity contribution in [2.75, 3.05) is 26.8 Å². The zero-order chi connectivity index (χ0) is 20.7. The van der Waals surface area contributed by atoms with E-state index in [-0.39, 0.29) is 23.8 Å². The number of nitrogens with zero attached hydrogens (tertiary/aromatic N) is 1. The molecule has 0 aromatic rings. The molecule has 0 spiro atoms. The van der Waals surface area contributed by atoms with Crippen molar-refractivity contribution in [3.63, 3.8) is 0 Å². The van der Waals surface area contributed by atoms with Crippen molar-refractivity contribution in [3.05, 3.63) is 12.0 Å². The second-order valence-corrected chi connectivity index (χ2v) is 8.37. The minimum atomic E-state index is -0.767. The van der Waals surface area contributed by atoms with Gasteiger partial charge in [-0.15, -0.1) is 0 Å². The van der Waals surface area contributed by atoms with Gasteiger partial charge in [-0.1, -0.05) is 20.8 Å². The van der Waals surface area contributed by atoms with Gasteiger partial charge in [-0.2, -0.15) is 0 Å². The zero-order valence-corrected chi connectivity index (χ0v) is 17.7. The molecule has 1 rings (SSSR count). The van der Waals surface area contributed by atoms with E-state index in [1.54, 1.807) is 13.8 Å². The van der Waals surface area contributed by atoms with Gasteiger partial charge in [-0.3, -0.25) is 15.0 Å². The van der Waals surface area contributed by atoms with E-state index in [2.05, 4.69) is 5.32 Å². The van der Waals surface area contributed by atoms with Gasteiger partial charge in [0.2, 0.25) is 5.91 Å². The fourth-order valence-corrected chi connectivity index (χ4v) is 2.65. The summed E-state index contributed by atoms with van der Waals surface area (Å²) < 4.78 is 11.3. The summed E-state index contributed by atoms with van der Waals surface area (Å²) in [5, 5.41) is 20.9. The van der Waals surface area contributed by atoms with Gasteiger partial charge in [0, 0.05) is 23.8 Å². The molecule has 1 unspecified atom stereocenters. The first kappa shape index (κ1) is 23.6. The molecule has 0 bridgehead atoms. The molecule has 0 aromatic carbocycles. The summed E-state index contributed by atoms with van der Waals surface area (Å²) in [4.78, 5) is 14.4. The maximum atomic E-state index is 12.5. The Morgan fingerprint density at radius 2 is 2.04 bits per heavy atom. The molecular formula is C20H37N3O4. The van der Waals surface area contributed by atoms with Crippen molar-refractivity contribution >= 4 is 11.6 Å². The molecule has 156 valence electrons. The number of rotatable bonds is 10. The number of carbonyl (C=O) groups is 1. The fraction of sp³-hybridized carbons (Fsp3) is 0.800. The lowest BCUT2D eigenvalue weighted by atomic mass is 9.88. The summed E-state index contributed by atoms with van der Waals surface area (Å²) in [6.45, 7) is 11.2. The Morgan fingerprint density at radius 1 is 1.37 bits per heavy atom. The number of nitrogens with one attached hydrogen (secondary N) is 2. The normalized spacial score (nSPS) is 19.2. The van der Waals surface area contributed by atoms with Gasteiger partial charge in [0.05, 0.1) is 12.1 Å². The summed E-state index contributed by atoms with van der Waals surface area (Å²) in [6.07, 6.45) is 4.98. The van der Waals surface area contributed by atoms with E-state index in [0.29, 0.717) is 13.2 Å². The number of hydrogen-bond acceptors (Lipinski definition) is 6. The van der Waals surface area contributed by atoms with Gasteiger partial charge < -0.3 is 20.0 Å². The van der Waals surface area contributed by atoms with Crippen LogP contribution >= 0.6 is 0 Å². The van der Waals surface area contributed by atoms with Crippen LogP contribution in [0.4, 0.5) is 0 Å². The summed E-state index contributed by atoms with van der Waals surface area (Å²) in [6, 6.07) is 0. The van der Waals surface area contributed by atoms with Gasteiger partial charge in [0.15, 0.2) is 12.2 Å². The molecule has 1 heterocycles. The Kier molecular flexibility index (Phi) is 8.91. The molecule has 1 saturated heterocycles. The quantitative estimate of drug-likeness (QED) is 0.398. The van der Waals surface area contributed by atoms with E-state index in [9.17, 15) is 9.90 Å². The molecule has 0 saturated carbocycles. The minimum Gasteiger partial charge on any atom is -0.494 e. The summed E-state index contributed by atoms with van der Waals surface area (Å²) in [5.41, 5.74) is -1.21. The van der Waals surface area contributed by atoms with Crippen molar-refractivity contribution in [1.29, 1.82) is 5.41 Å². The molecule has 1 atom stereocenters. The summed E-state index contributed by atoms with van der Waals surface area (Å²) >= 11 is 0. The molecule has 3 N–H and O–H groups in total. The number of likely N-dealkylation sites (N-methyl/N-ethyl adjacent to an activating group) is 1. The highest BCUT2D eigenvalue weighted by molar-refractivity contribution is 5.98. The van der Waals surface area contributed by atoms with Gasteiger partial charge in [-0.25, -0.2) is 0 Å². The third-order valence-corrected chi connectivity index (χ3v) is 5.09. The molecule has 0 radical (unpaired) electrons. The topological polar surface area (TPSA) is 94.9 Å². The predicted octanol–water partition coefficient (Wildman–Crippen LogP) is 3.21. The van der Waals surface area contributed by atoms with Crippen LogP contribution in [-0.2, 0) is 14.3 Å². The SMILES string of the molecule is CCCN(C)C(C)(C)C(=O)N/C(O)=C/C(=N)C(C)(C)COC1CCCCO1. The lowest BCUT2D eigenvalue weighted by molar-refractivity contribution is -0.171. The van der Waals surface area contributed by atoms with Crippen LogP contribution in [0.5, 0.6) is 0 Å². The van der Waals surface area contributed by atoms with Gasteiger partial charge >= 0.3 is 0 Å². The highest BCUT2D eigenvalue weighted by atomic mass is 16.7. The first-order chi connectivity index (χ1) is 12.5. The Balaban J connectivity index is 2.62. The average molecular weight is 384 g/mol. The second-order valence-electron chi connectivity index (χ2n) is 8.37. The van der Waals surface area contributed by atoms with E-state index in [1.165, 1.54) is 6.08 Å². The minimum absolute atomic E-state index is 0.177. The van der Waals surface area contributed by atoms with Crippen LogP contribution in [0.1, 0.15) is 60.3 Å². The van der Waals surface area contributed by atoms with Gasteiger partial charge in [0.25, 0.3) is 0 Å². The molecule has 7 heteroatoms. The molecule has 0 aromatic heterocycles. The van der Waals surface area contributed by atoms with Crippen LogP contribution in [-0.4, -0.2) is 60.3 Å². The number of carbonyl (C=O) groups excluding carboxylic acids is 1. The maximum absolute atomic E-state index is 12.5. The highest BCUT2D eigenvalue weighted by Crippen LogP contribution is 2.22. The van der Waals surface area contributed by atoms with Crippen molar-refractivity contribution in [2.24, 2.45) is 5.41 Å². The Hall–Kier alpha value is -1.44. The van der Waals surface area contributed by atoms with Crippen molar-refractivity contribution < 1.29 is 19.4 Å².